The summed E-state index contributed by atoms with van der Waals surface area (Å²) >= 11 is 1.59. The molecule has 0 saturated carbocycles. The number of nitrogens with zero attached hydrogens (tertiary/aromatic N) is 5. The van der Waals surface area contributed by atoms with Crippen LogP contribution in [0.25, 0.3) is 21.6 Å². The van der Waals surface area contributed by atoms with Crippen LogP contribution in [0.3, 0.4) is 0 Å². The van der Waals surface area contributed by atoms with Crippen LogP contribution in [-0.2, 0) is 6.54 Å². The highest BCUT2D eigenvalue weighted by Gasteiger charge is 2.20. The molecule has 5 rings (SSSR count). The number of carbonyl (C=O) groups excluding carboxylic acids is 1. The first-order valence-electron chi connectivity index (χ1n) is 11.0. The second-order valence-electron chi connectivity index (χ2n) is 8.05. The number of ether oxygens (including phenoxy) is 1. The predicted octanol–water partition coefficient (Wildman–Crippen LogP) is 5.27. The molecule has 34 heavy (non-hydrogen) atoms. The minimum Gasteiger partial charge on any atom is -0.490 e. The molecule has 4 aromatic heterocycles. The number of aromatic nitrogens is 5. The zero-order chi connectivity index (χ0) is 23.5. The molecule has 9 heteroatoms. The Bertz CT molecular complexity index is 1410. The van der Waals surface area contributed by atoms with Gasteiger partial charge in [-0.2, -0.15) is 5.10 Å². The van der Waals surface area contributed by atoms with E-state index in [9.17, 15) is 4.79 Å². The Labute approximate surface area is 200 Å². The van der Waals surface area contributed by atoms with Crippen molar-refractivity contribution in [2.45, 2.75) is 26.4 Å². The molecule has 0 aliphatic heterocycles. The average Bonchev–Trinajstić information content (AvgIpc) is 3.61. The normalized spacial score (nSPS) is 11.3. The molecule has 172 valence electrons. The predicted molar refractivity (Wildman–Crippen MR) is 133 cm³/mol. The number of nitrogens with one attached hydrogen (secondary N) is 1. The fourth-order valence-electron chi connectivity index (χ4n) is 3.70. The maximum Gasteiger partial charge on any atom is 0.256 e. The zero-order valence-electron chi connectivity index (χ0n) is 18.9. The van der Waals surface area contributed by atoms with Gasteiger partial charge in [-0.1, -0.05) is 18.2 Å². The Morgan fingerprint density at radius 3 is 2.85 bits per heavy atom. The Kier molecular flexibility index (Phi) is 6.09. The number of rotatable bonds is 8. The van der Waals surface area contributed by atoms with Crippen LogP contribution in [-0.4, -0.2) is 36.8 Å². The van der Waals surface area contributed by atoms with Crippen molar-refractivity contribution >= 4 is 34.0 Å². The molecule has 0 atom stereocenters. The number of carbonyl (C=O) groups is 1. The van der Waals surface area contributed by atoms with Crippen molar-refractivity contribution in [2.75, 3.05) is 11.9 Å². The number of para-hydroxylation sites is 2. The molecular formula is C25H24N6O2S. The van der Waals surface area contributed by atoms with Gasteiger partial charge in [0.2, 0.25) is 0 Å². The highest BCUT2D eigenvalue weighted by Crippen LogP contribution is 2.30. The van der Waals surface area contributed by atoms with Crippen molar-refractivity contribution in [3.63, 3.8) is 0 Å². The summed E-state index contributed by atoms with van der Waals surface area (Å²) in [5.41, 5.74) is 2.57. The third-order valence-electron chi connectivity index (χ3n) is 5.38. The van der Waals surface area contributed by atoms with Crippen molar-refractivity contribution in [1.29, 1.82) is 0 Å². The second kappa shape index (κ2) is 9.48. The van der Waals surface area contributed by atoms with Gasteiger partial charge in [0.25, 0.3) is 5.91 Å². The minimum absolute atomic E-state index is 0.115. The van der Waals surface area contributed by atoms with Gasteiger partial charge >= 0.3 is 0 Å². The number of hydrogen-bond donors (Lipinski definition) is 1. The van der Waals surface area contributed by atoms with Gasteiger partial charge in [-0.25, -0.2) is 14.6 Å². The number of fused-ring (bicyclic) bond motifs is 1. The second-order valence-corrected chi connectivity index (χ2v) is 9.00. The van der Waals surface area contributed by atoms with Gasteiger partial charge in [-0.05, 0) is 43.5 Å². The molecular weight excluding hydrogens is 448 g/mol. The molecule has 1 amide bonds. The smallest absolute Gasteiger partial charge is 0.256 e. The van der Waals surface area contributed by atoms with Gasteiger partial charge < -0.3 is 14.6 Å². The summed E-state index contributed by atoms with van der Waals surface area (Å²) < 4.78 is 9.74. The summed E-state index contributed by atoms with van der Waals surface area (Å²) in [6.07, 6.45) is 7.07. The molecule has 1 N–H and O–H groups in total. The van der Waals surface area contributed by atoms with Gasteiger partial charge in [-0.3, -0.25) is 4.79 Å². The number of pyridine rings is 1. The fourth-order valence-corrected chi connectivity index (χ4v) is 4.39. The summed E-state index contributed by atoms with van der Waals surface area (Å²) in [5.74, 6) is 0.372. The molecule has 1 aromatic carbocycles. The lowest BCUT2D eigenvalue weighted by molar-refractivity contribution is 0.102. The first kappa shape index (κ1) is 21.8. The Morgan fingerprint density at radius 2 is 2.09 bits per heavy atom. The standard InChI is InChI=1S/C25H24N6O2S/c1-17(2)31-24-19(15-27-31)18(14-21(28-24)23-8-5-13-34-23)25(32)29-20-6-3-4-7-22(20)33-12-11-30-10-9-26-16-30/h3-10,13-17H,11-12H2,1-2H3,(H,29,32). The number of thiophene rings is 1. The van der Waals surface area contributed by atoms with E-state index in [-0.39, 0.29) is 11.9 Å². The van der Waals surface area contributed by atoms with Gasteiger partial charge in [-0.15, -0.1) is 11.3 Å². The lowest BCUT2D eigenvalue weighted by atomic mass is 10.1. The molecule has 0 aliphatic carbocycles. The molecule has 0 aliphatic rings. The highest BCUT2D eigenvalue weighted by molar-refractivity contribution is 7.13. The van der Waals surface area contributed by atoms with Gasteiger partial charge in [0.05, 0.1) is 46.3 Å². The number of amides is 1. The Hall–Kier alpha value is -3.98. The molecule has 8 nitrogen and oxygen atoms in total. The summed E-state index contributed by atoms with van der Waals surface area (Å²) in [6.45, 7) is 5.20. The fraction of sp³-hybridized carbons (Fsp3) is 0.200. The van der Waals surface area contributed by atoms with E-state index in [4.69, 9.17) is 9.72 Å². The van der Waals surface area contributed by atoms with Crippen LogP contribution >= 0.6 is 11.3 Å². The third kappa shape index (κ3) is 4.42. The van der Waals surface area contributed by atoms with Crippen LogP contribution in [0.5, 0.6) is 5.75 Å². The first-order valence-corrected chi connectivity index (χ1v) is 11.9. The van der Waals surface area contributed by atoms with Crippen LogP contribution in [0.4, 0.5) is 5.69 Å². The van der Waals surface area contributed by atoms with Crippen LogP contribution in [0.1, 0.15) is 30.2 Å². The minimum atomic E-state index is -0.237. The quantitative estimate of drug-likeness (QED) is 0.333. The molecule has 0 spiro atoms. The summed E-state index contributed by atoms with van der Waals surface area (Å²) in [5, 5.41) is 10.2. The molecule has 0 saturated heterocycles. The molecule has 0 fully saturated rings. The first-order chi connectivity index (χ1) is 16.6. The van der Waals surface area contributed by atoms with E-state index >= 15 is 0 Å². The van der Waals surface area contributed by atoms with Gasteiger partial charge in [0.1, 0.15) is 12.4 Å². The maximum absolute atomic E-state index is 13.5. The monoisotopic (exact) mass is 472 g/mol. The average molecular weight is 473 g/mol. The van der Waals surface area contributed by atoms with E-state index in [0.717, 1.165) is 10.6 Å². The van der Waals surface area contributed by atoms with E-state index < -0.39 is 0 Å². The molecule has 4 heterocycles. The van der Waals surface area contributed by atoms with Crippen LogP contribution in [0, 0.1) is 0 Å². The van der Waals surface area contributed by atoms with E-state index in [1.165, 1.54) is 0 Å². The van der Waals surface area contributed by atoms with Crippen LogP contribution in [0.15, 0.2) is 72.8 Å². The third-order valence-corrected chi connectivity index (χ3v) is 6.27. The van der Waals surface area contributed by atoms with Gasteiger partial charge in [0.15, 0.2) is 5.65 Å². The topological polar surface area (TPSA) is 86.9 Å². The maximum atomic E-state index is 13.5. The lowest BCUT2D eigenvalue weighted by Crippen LogP contribution is -2.15. The van der Waals surface area contributed by atoms with E-state index in [1.807, 2.05) is 77.1 Å². The SMILES string of the molecule is CC(C)n1ncc2c(C(=O)Nc3ccccc3OCCn3ccnc3)cc(-c3cccs3)nc21. The summed E-state index contributed by atoms with van der Waals surface area (Å²) in [7, 11) is 0. The highest BCUT2D eigenvalue weighted by atomic mass is 32.1. The number of imidazole rings is 1. The molecule has 0 unspecified atom stereocenters. The van der Waals surface area contributed by atoms with E-state index in [0.29, 0.717) is 41.2 Å². The molecule has 5 aromatic rings. The molecule has 0 radical (unpaired) electrons. The lowest BCUT2D eigenvalue weighted by Gasteiger charge is -2.14. The van der Waals surface area contributed by atoms with Crippen molar-refractivity contribution in [2.24, 2.45) is 0 Å². The Morgan fingerprint density at radius 1 is 1.21 bits per heavy atom. The number of benzene rings is 1. The number of hydrogen-bond acceptors (Lipinski definition) is 6. The van der Waals surface area contributed by atoms with Crippen molar-refractivity contribution < 1.29 is 9.53 Å². The summed E-state index contributed by atoms with van der Waals surface area (Å²) in [4.78, 5) is 23.4. The van der Waals surface area contributed by atoms with Crippen LogP contribution < -0.4 is 10.1 Å². The molecule has 0 bridgehead atoms. The summed E-state index contributed by atoms with van der Waals surface area (Å²) in [6, 6.07) is 13.4. The largest absolute Gasteiger partial charge is 0.490 e. The van der Waals surface area contributed by atoms with E-state index in [2.05, 4.69) is 15.4 Å². The van der Waals surface area contributed by atoms with Crippen molar-refractivity contribution in [3.8, 4) is 16.3 Å². The zero-order valence-corrected chi connectivity index (χ0v) is 19.7. The van der Waals surface area contributed by atoms with Gasteiger partial charge in [0, 0.05) is 18.4 Å². The van der Waals surface area contributed by atoms with Crippen molar-refractivity contribution in [3.05, 3.63) is 78.3 Å². The van der Waals surface area contributed by atoms with E-state index in [1.54, 1.807) is 30.1 Å². The Balaban J connectivity index is 1.45. The van der Waals surface area contributed by atoms with Crippen molar-refractivity contribution in [1.82, 2.24) is 24.3 Å². The number of anilines is 1. The van der Waals surface area contributed by atoms with Crippen LogP contribution in [0.2, 0.25) is 0 Å².